The molecule has 1 fully saturated rings. The number of nitrogens with two attached hydrogens (primary N) is 1. The van der Waals surface area contributed by atoms with Gasteiger partial charge in [-0.25, -0.2) is 4.39 Å². The Bertz CT molecular complexity index is 851. The molecule has 1 amide bonds. The van der Waals surface area contributed by atoms with Crippen molar-refractivity contribution in [1.82, 2.24) is 10.2 Å². The highest BCUT2D eigenvalue weighted by atomic mass is 19.1. The highest BCUT2D eigenvalue weighted by molar-refractivity contribution is 5.83. The molecular weight excluding hydrogens is 357 g/mol. The van der Waals surface area contributed by atoms with E-state index < -0.39 is 6.04 Å². The van der Waals surface area contributed by atoms with E-state index in [9.17, 15) is 9.18 Å². The van der Waals surface area contributed by atoms with Gasteiger partial charge in [0.05, 0.1) is 19.3 Å². The van der Waals surface area contributed by atoms with Gasteiger partial charge in [-0.3, -0.25) is 9.69 Å². The summed E-state index contributed by atoms with van der Waals surface area (Å²) in [4.78, 5) is 15.4. The summed E-state index contributed by atoms with van der Waals surface area (Å²) in [5.41, 5.74) is 9.68. The number of nitrogens with one attached hydrogen (secondary N) is 1. The number of rotatable bonds is 4. The lowest BCUT2D eigenvalue weighted by Crippen LogP contribution is -2.46. The summed E-state index contributed by atoms with van der Waals surface area (Å²) in [6.45, 7) is 2.44. The van der Waals surface area contributed by atoms with Crippen LogP contribution in [0.2, 0.25) is 0 Å². The fourth-order valence-corrected chi connectivity index (χ4v) is 4.28. The monoisotopic (exact) mass is 383 g/mol. The van der Waals surface area contributed by atoms with Crippen LogP contribution in [-0.2, 0) is 16.0 Å². The molecule has 2 unspecified atom stereocenters. The van der Waals surface area contributed by atoms with E-state index >= 15 is 0 Å². The predicted molar refractivity (Wildman–Crippen MR) is 106 cm³/mol. The number of aryl methyl sites for hydroxylation is 1. The van der Waals surface area contributed by atoms with Gasteiger partial charge in [-0.15, -0.1) is 0 Å². The average molecular weight is 383 g/mol. The molecule has 148 valence electrons. The smallest absolute Gasteiger partial charge is 0.242 e. The zero-order valence-electron chi connectivity index (χ0n) is 15.9. The highest BCUT2D eigenvalue weighted by Crippen LogP contribution is 2.32. The van der Waals surface area contributed by atoms with Crippen LogP contribution < -0.4 is 11.1 Å². The van der Waals surface area contributed by atoms with Crippen LogP contribution in [0.15, 0.2) is 42.5 Å². The van der Waals surface area contributed by atoms with Crippen molar-refractivity contribution in [3.8, 4) is 0 Å². The molecule has 4 rings (SSSR count). The first-order chi connectivity index (χ1) is 13.6. The molecule has 2 aromatic carbocycles. The molecule has 1 aliphatic carbocycles. The van der Waals surface area contributed by atoms with E-state index in [4.69, 9.17) is 10.5 Å². The Hall–Kier alpha value is -2.44. The minimum absolute atomic E-state index is 0.0473. The van der Waals surface area contributed by atoms with Crippen molar-refractivity contribution >= 4 is 11.6 Å². The molecule has 5 nitrogen and oxygen atoms in total. The Balaban J connectivity index is 1.60. The largest absolute Gasteiger partial charge is 0.399 e. The van der Waals surface area contributed by atoms with Gasteiger partial charge in [0.15, 0.2) is 0 Å². The third-order valence-corrected chi connectivity index (χ3v) is 5.62. The van der Waals surface area contributed by atoms with Crippen LogP contribution in [0.5, 0.6) is 0 Å². The Labute approximate surface area is 164 Å². The summed E-state index contributed by atoms with van der Waals surface area (Å²) in [6, 6.07) is 11.7. The van der Waals surface area contributed by atoms with Crippen molar-refractivity contribution in [2.45, 2.75) is 31.3 Å². The first kappa shape index (κ1) is 18.9. The summed E-state index contributed by atoms with van der Waals surface area (Å²) in [6.07, 6.45) is 2.87. The SMILES string of the molecule is Nc1ccc2c(c1)CCCC2NC(=O)C(c1cccc(F)c1)N1CCOCC1. The molecule has 0 spiro atoms. The van der Waals surface area contributed by atoms with Crippen LogP contribution in [0.4, 0.5) is 10.1 Å². The number of nitrogens with zero attached hydrogens (tertiary/aromatic N) is 1. The maximum Gasteiger partial charge on any atom is 0.242 e. The zero-order valence-corrected chi connectivity index (χ0v) is 15.9. The number of halogens is 1. The maximum absolute atomic E-state index is 13.9. The third-order valence-electron chi connectivity index (χ3n) is 5.62. The van der Waals surface area contributed by atoms with Gasteiger partial charge in [-0.2, -0.15) is 0 Å². The van der Waals surface area contributed by atoms with Crippen LogP contribution in [-0.4, -0.2) is 37.1 Å². The molecule has 0 bridgehead atoms. The van der Waals surface area contributed by atoms with Crippen LogP contribution >= 0.6 is 0 Å². The number of anilines is 1. The molecule has 0 radical (unpaired) electrons. The molecule has 2 aromatic rings. The summed E-state index contributed by atoms with van der Waals surface area (Å²) >= 11 is 0. The molecule has 0 saturated carbocycles. The van der Waals surface area contributed by atoms with Crippen molar-refractivity contribution in [1.29, 1.82) is 0 Å². The number of fused-ring (bicyclic) bond motifs is 1. The van der Waals surface area contributed by atoms with E-state index in [0.717, 1.165) is 30.5 Å². The standard InChI is InChI=1S/C22H26FN3O2/c23-17-5-1-4-16(13-17)21(26-9-11-28-12-10-26)22(27)25-20-6-2-3-15-14-18(24)7-8-19(15)20/h1,4-5,7-8,13-14,20-21H,2-3,6,9-12,24H2,(H,25,27). The summed E-state index contributed by atoms with van der Waals surface area (Å²) in [5, 5.41) is 3.23. The van der Waals surface area contributed by atoms with Crippen molar-refractivity contribution < 1.29 is 13.9 Å². The second-order valence-corrected chi connectivity index (χ2v) is 7.52. The molecular formula is C22H26FN3O2. The van der Waals surface area contributed by atoms with Gasteiger partial charge in [0.2, 0.25) is 5.91 Å². The number of hydrogen-bond acceptors (Lipinski definition) is 4. The fourth-order valence-electron chi connectivity index (χ4n) is 4.28. The lowest BCUT2D eigenvalue weighted by atomic mass is 9.87. The first-order valence-electron chi connectivity index (χ1n) is 9.88. The fraction of sp³-hybridized carbons (Fsp3) is 0.409. The minimum atomic E-state index is -0.529. The summed E-state index contributed by atoms with van der Waals surface area (Å²) in [5.74, 6) is -0.427. The normalized spacial score (nSPS) is 21.0. The Kier molecular flexibility index (Phi) is 5.59. The zero-order chi connectivity index (χ0) is 19.5. The molecule has 1 aliphatic heterocycles. The Morgan fingerprint density at radius 1 is 1.21 bits per heavy atom. The molecule has 6 heteroatoms. The van der Waals surface area contributed by atoms with Gasteiger partial charge < -0.3 is 15.8 Å². The maximum atomic E-state index is 13.9. The van der Waals surface area contributed by atoms with E-state index in [-0.39, 0.29) is 17.8 Å². The van der Waals surface area contributed by atoms with Crippen LogP contribution in [0.1, 0.15) is 41.6 Å². The summed E-state index contributed by atoms with van der Waals surface area (Å²) < 4.78 is 19.3. The van der Waals surface area contributed by atoms with Crippen molar-refractivity contribution in [2.24, 2.45) is 0 Å². The van der Waals surface area contributed by atoms with Crippen LogP contribution in [0, 0.1) is 5.82 Å². The molecule has 1 heterocycles. The predicted octanol–water partition coefficient (Wildman–Crippen LogP) is 2.98. The van der Waals surface area contributed by atoms with Gasteiger partial charge in [0.1, 0.15) is 11.9 Å². The molecule has 2 aliphatic rings. The Morgan fingerprint density at radius 3 is 2.82 bits per heavy atom. The second kappa shape index (κ2) is 8.29. The lowest BCUT2D eigenvalue weighted by Gasteiger charge is -2.35. The number of benzene rings is 2. The number of amides is 1. The number of carbonyl (C=O) groups excluding carboxylic acids is 1. The number of morpholine rings is 1. The van der Waals surface area contributed by atoms with Gasteiger partial charge in [0, 0.05) is 18.8 Å². The van der Waals surface area contributed by atoms with E-state index in [1.165, 1.54) is 17.7 Å². The van der Waals surface area contributed by atoms with Crippen LogP contribution in [0.3, 0.4) is 0 Å². The third kappa shape index (κ3) is 4.03. The molecule has 28 heavy (non-hydrogen) atoms. The highest BCUT2D eigenvalue weighted by Gasteiger charge is 2.32. The Morgan fingerprint density at radius 2 is 2.04 bits per heavy atom. The first-order valence-corrected chi connectivity index (χ1v) is 9.88. The number of nitrogen functional groups attached to an aromatic ring is 1. The second-order valence-electron chi connectivity index (χ2n) is 7.52. The van der Waals surface area contributed by atoms with E-state index in [1.807, 2.05) is 24.3 Å². The van der Waals surface area contributed by atoms with Crippen LogP contribution in [0.25, 0.3) is 0 Å². The molecule has 3 N–H and O–H groups in total. The van der Waals surface area contributed by atoms with E-state index in [2.05, 4.69) is 10.2 Å². The minimum Gasteiger partial charge on any atom is -0.399 e. The molecule has 1 saturated heterocycles. The van der Waals surface area contributed by atoms with Gasteiger partial charge in [0.25, 0.3) is 0 Å². The van der Waals surface area contributed by atoms with E-state index in [1.54, 1.807) is 6.07 Å². The van der Waals surface area contributed by atoms with Gasteiger partial charge in [-0.1, -0.05) is 18.2 Å². The summed E-state index contributed by atoms with van der Waals surface area (Å²) in [7, 11) is 0. The lowest BCUT2D eigenvalue weighted by molar-refractivity contribution is -0.129. The van der Waals surface area contributed by atoms with Crippen molar-refractivity contribution in [2.75, 3.05) is 32.0 Å². The van der Waals surface area contributed by atoms with Gasteiger partial charge in [-0.05, 0) is 60.2 Å². The molecule has 0 aromatic heterocycles. The van der Waals surface area contributed by atoms with Crippen molar-refractivity contribution in [3.63, 3.8) is 0 Å². The van der Waals surface area contributed by atoms with Gasteiger partial charge >= 0.3 is 0 Å². The molecule has 2 atom stereocenters. The number of hydrogen-bond donors (Lipinski definition) is 2. The van der Waals surface area contributed by atoms with Crippen molar-refractivity contribution in [3.05, 3.63) is 65.0 Å². The quantitative estimate of drug-likeness (QED) is 0.797. The number of ether oxygens (including phenoxy) is 1. The topological polar surface area (TPSA) is 67.6 Å². The number of carbonyl (C=O) groups is 1. The average Bonchev–Trinajstić information content (AvgIpc) is 2.69. The van der Waals surface area contributed by atoms with E-state index in [0.29, 0.717) is 31.9 Å².